The van der Waals surface area contributed by atoms with Crippen molar-refractivity contribution in [3.63, 3.8) is 0 Å². The second-order valence-corrected chi connectivity index (χ2v) is 5.21. The first-order valence-corrected chi connectivity index (χ1v) is 6.37. The van der Waals surface area contributed by atoms with Crippen molar-refractivity contribution < 1.29 is 19.4 Å². The number of aliphatic carboxylic acids is 1. The molecule has 98 valence electrons. The molecule has 18 heavy (non-hydrogen) atoms. The molecule has 0 bridgehead atoms. The molecule has 2 N–H and O–H groups in total. The molecule has 0 aliphatic carbocycles. The van der Waals surface area contributed by atoms with Gasteiger partial charge in [-0.05, 0) is 18.4 Å². The van der Waals surface area contributed by atoms with Gasteiger partial charge >= 0.3 is 12.0 Å². The summed E-state index contributed by atoms with van der Waals surface area (Å²) in [6.45, 7) is 2.26. The number of carboxylic acid groups (broad SMARTS) is 1. The second-order valence-electron chi connectivity index (χ2n) is 4.43. The molecule has 6 nitrogen and oxygen atoms in total. The summed E-state index contributed by atoms with van der Waals surface area (Å²) in [5.74, 6) is -1.00. The summed E-state index contributed by atoms with van der Waals surface area (Å²) < 4.78 is 5.22. The van der Waals surface area contributed by atoms with Gasteiger partial charge in [0, 0.05) is 5.38 Å². The number of likely N-dealkylation sites (tertiary alicyclic amines) is 1. The van der Waals surface area contributed by atoms with Gasteiger partial charge in [0.1, 0.15) is 12.2 Å². The number of carbonyl (C=O) groups excluding carboxylic acids is 1. The average Bonchev–Trinajstić information content (AvgIpc) is 2.75. The van der Waals surface area contributed by atoms with E-state index in [-0.39, 0.29) is 12.6 Å². The van der Waals surface area contributed by atoms with E-state index < -0.39 is 11.6 Å². The van der Waals surface area contributed by atoms with E-state index in [2.05, 4.69) is 5.32 Å². The molecule has 0 radical (unpaired) electrons. The van der Waals surface area contributed by atoms with Crippen LogP contribution in [-0.2, 0) is 9.53 Å². The van der Waals surface area contributed by atoms with Gasteiger partial charge in [-0.25, -0.2) is 9.59 Å². The Morgan fingerprint density at radius 3 is 2.89 bits per heavy atom. The molecular weight excluding hydrogens is 256 g/mol. The number of thiophene rings is 1. The normalized spacial score (nSPS) is 17.1. The van der Waals surface area contributed by atoms with Gasteiger partial charge in [-0.1, -0.05) is 0 Å². The van der Waals surface area contributed by atoms with Gasteiger partial charge in [-0.3, -0.25) is 0 Å². The number of rotatable bonds is 4. The zero-order valence-electron chi connectivity index (χ0n) is 9.88. The number of carboxylic acids is 1. The fraction of sp³-hybridized carbons (Fsp3) is 0.455. The Labute approximate surface area is 108 Å². The van der Waals surface area contributed by atoms with Gasteiger partial charge in [0.15, 0.2) is 0 Å². The van der Waals surface area contributed by atoms with Gasteiger partial charge in [0.25, 0.3) is 0 Å². The number of urea groups is 1. The smallest absolute Gasteiger partial charge is 0.329 e. The minimum atomic E-state index is -1.00. The van der Waals surface area contributed by atoms with Crippen LogP contribution in [0.5, 0.6) is 0 Å². The van der Waals surface area contributed by atoms with Crippen molar-refractivity contribution in [1.29, 1.82) is 0 Å². The second kappa shape index (κ2) is 4.95. The molecule has 0 aromatic carbocycles. The Morgan fingerprint density at radius 2 is 2.33 bits per heavy atom. The minimum absolute atomic E-state index is 0.190. The molecule has 1 aliphatic rings. The Balaban J connectivity index is 1.77. The van der Waals surface area contributed by atoms with Crippen LogP contribution in [0.3, 0.4) is 0 Å². The molecule has 0 atom stereocenters. The lowest BCUT2D eigenvalue weighted by molar-refractivity contribution is -0.159. The standard InChI is InChI=1S/C11H14N2O4S/c1-11(17-4-9(14)15)6-13(7-11)10(16)12-8-2-3-18-5-8/h2-3,5H,4,6-7H2,1H3,(H,12,16)(H,14,15). The fourth-order valence-corrected chi connectivity index (χ4v) is 2.36. The van der Waals surface area contributed by atoms with Crippen LogP contribution in [-0.4, -0.2) is 47.3 Å². The van der Waals surface area contributed by atoms with Crippen molar-refractivity contribution in [2.45, 2.75) is 12.5 Å². The molecule has 7 heteroatoms. The van der Waals surface area contributed by atoms with Crippen molar-refractivity contribution in [2.75, 3.05) is 25.0 Å². The summed E-state index contributed by atoms with van der Waals surface area (Å²) in [6.07, 6.45) is 0. The molecule has 0 saturated carbocycles. The van der Waals surface area contributed by atoms with Crippen LogP contribution in [0.15, 0.2) is 16.8 Å². The van der Waals surface area contributed by atoms with E-state index in [1.54, 1.807) is 11.8 Å². The highest BCUT2D eigenvalue weighted by molar-refractivity contribution is 7.08. The van der Waals surface area contributed by atoms with Crippen molar-refractivity contribution >= 4 is 29.0 Å². The predicted octanol–water partition coefficient (Wildman–Crippen LogP) is 1.46. The lowest BCUT2D eigenvalue weighted by Crippen LogP contribution is -2.64. The lowest BCUT2D eigenvalue weighted by atomic mass is 9.97. The monoisotopic (exact) mass is 270 g/mol. The van der Waals surface area contributed by atoms with Crippen molar-refractivity contribution in [3.05, 3.63) is 16.8 Å². The van der Waals surface area contributed by atoms with E-state index in [9.17, 15) is 9.59 Å². The van der Waals surface area contributed by atoms with Crippen LogP contribution in [0.2, 0.25) is 0 Å². The Hall–Kier alpha value is -1.60. The summed E-state index contributed by atoms with van der Waals surface area (Å²) in [4.78, 5) is 23.7. The molecular formula is C11H14N2O4S. The molecule has 2 rings (SSSR count). The molecule has 1 aromatic rings. The van der Waals surface area contributed by atoms with Crippen molar-refractivity contribution in [3.8, 4) is 0 Å². The number of anilines is 1. The van der Waals surface area contributed by atoms with Crippen molar-refractivity contribution in [1.82, 2.24) is 4.90 Å². The van der Waals surface area contributed by atoms with Gasteiger partial charge in [0.05, 0.1) is 18.8 Å². The Bertz CT molecular complexity index is 440. The lowest BCUT2D eigenvalue weighted by Gasteiger charge is -2.46. The SMILES string of the molecule is CC1(OCC(=O)O)CN(C(=O)Nc2ccsc2)C1. The van der Waals surface area contributed by atoms with Crippen LogP contribution in [0.4, 0.5) is 10.5 Å². The number of hydrogen-bond acceptors (Lipinski definition) is 4. The first-order chi connectivity index (χ1) is 8.48. The molecule has 0 spiro atoms. The summed E-state index contributed by atoms with van der Waals surface area (Å²) in [7, 11) is 0. The number of nitrogens with zero attached hydrogens (tertiary/aromatic N) is 1. The maximum Gasteiger partial charge on any atom is 0.329 e. The number of ether oxygens (including phenoxy) is 1. The Morgan fingerprint density at radius 1 is 1.61 bits per heavy atom. The van der Waals surface area contributed by atoms with E-state index in [1.165, 1.54) is 11.3 Å². The molecule has 1 saturated heterocycles. The van der Waals surface area contributed by atoms with Crippen LogP contribution in [0, 0.1) is 0 Å². The van der Waals surface area contributed by atoms with E-state index in [1.807, 2.05) is 16.8 Å². The molecule has 0 unspecified atom stereocenters. The molecule has 1 fully saturated rings. The first kappa shape index (κ1) is 12.8. The molecule has 1 aromatic heterocycles. The quantitative estimate of drug-likeness (QED) is 0.868. The van der Waals surface area contributed by atoms with Crippen LogP contribution >= 0.6 is 11.3 Å². The van der Waals surface area contributed by atoms with E-state index >= 15 is 0 Å². The first-order valence-electron chi connectivity index (χ1n) is 5.42. The van der Waals surface area contributed by atoms with Crippen LogP contribution < -0.4 is 5.32 Å². The third-order valence-corrected chi connectivity index (χ3v) is 3.34. The van der Waals surface area contributed by atoms with Gasteiger partial charge in [-0.15, -0.1) is 0 Å². The number of carbonyl (C=O) groups is 2. The molecule has 2 heterocycles. The highest BCUT2D eigenvalue weighted by Gasteiger charge is 2.42. The largest absolute Gasteiger partial charge is 0.480 e. The number of amides is 2. The maximum atomic E-state index is 11.8. The number of hydrogen-bond donors (Lipinski definition) is 2. The van der Waals surface area contributed by atoms with E-state index in [0.717, 1.165) is 5.69 Å². The molecule has 1 aliphatic heterocycles. The summed E-state index contributed by atoms with van der Waals surface area (Å²) in [5, 5.41) is 15.0. The average molecular weight is 270 g/mol. The zero-order valence-corrected chi connectivity index (χ0v) is 10.7. The summed E-state index contributed by atoms with van der Waals surface area (Å²) >= 11 is 1.51. The zero-order chi connectivity index (χ0) is 13.2. The van der Waals surface area contributed by atoms with Gasteiger partial charge < -0.3 is 20.1 Å². The predicted molar refractivity (Wildman–Crippen MR) is 66.9 cm³/mol. The summed E-state index contributed by atoms with van der Waals surface area (Å²) in [6, 6.07) is 1.63. The topological polar surface area (TPSA) is 78.9 Å². The van der Waals surface area contributed by atoms with Gasteiger partial charge in [-0.2, -0.15) is 11.3 Å². The molecule has 2 amide bonds. The van der Waals surface area contributed by atoms with Crippen LogP contribution in [0.25, 0.3) is 0 Å². The van der Waals surface area contributed by atoms with E-state index in [0.29, 0.717) is 13.1 Å². The minimum Gasteiger partial charge on any atom is -0.480 e. The highest BCUT2D eigenvalue weighted by Crippen LogP contribution is 2.25. The highest BCUT2D eigenvalue weighted by atomic mass is 32.1. The number of nitrogens with one attached hydrogen (secondary N) is 1. The third-order valence-electron chi connectivity index (χ3n) is 2.65. The summed E-state index contributed by atoms with van der Waals surface area (Å²) in [5.41, 5.74) is 0.217. The van der Waals surface area contributed by atoms with Crippen molar-refractivity contribution in [2.24, 2.45) is 0 Å². The van der Waals surface area contributed by atoms with Crippen LogP contribution in [0.1, 0.15) is 6.92 Å². The third kappa shape index (κ3) is 2.99. The van der Waals surface area contributed by atoms with E-state index in [4.69, 9.17) is 9.84 Å². The van der Waals surface area contributed by atoms with Gasteiger partial charge in [0.2, 0.25) is 0 Å². The Kier molecular flexibility index (Phi) is 3.53. The maximum absolute atomic E-state index is 11.8. The fourth-order valence-electron chi connectivity index (χ4n) is 1.77.